The van der Waals surface area contributed by atoms with E-state index in [0.29, 0.717) is 10.8 Å². The van der Waals surface area contributed by atoms with Crippen molar-refractivity contribution in [1.29, 1.82) is 0 Å². The molecule has 1 aromatic heterocycles. The minimum absolute atomic E-state index is 0.0750. The average molecular weight is 332 g/mol. The summed E-state index contributed by atoms with van der Waals surface area (Å²) in [5.41, 5.74) is 1.38. The van der Waals surface area contributed by atoms with Crippen LogP contribution in [0.5, 0.6) is 0 Å². The molecular formula is C16H11ClFN3S. The lowest BCUT2D eigenvalue weighted by molar-refractivity contribution is 0.629. The Bertz CT molecular complexity index is 848. The summed E-state index contributed by atoms with van der Waals surface area (Å²) in [6.45, 7) is 0. The van der Waals surface area contributed by atoms with Crippen molar-refractivity contribution in [2.75, 3.05) is 10.6 Å². The summed E-state index contributed by atoms with van der Waals surface area (Å²) in [5.74, 6) is -0.495. The van der Waals surface area contributed by atoms with E-state index in [9.17, 15) is 4.39 Å². The molecule has 1 heterocycles. The van der Waals surface area contributed by atoms with Crippen molar-refractivity contribution in [3.8, 4) is 0 Å². The Morgan fingerprint density at radius 2 is 2.00 bits per heavy atom. The van der Waals surface area contributed by atoms with E-state index in [1.807, 2.05) is 24.3 Å². The second-order valence-corrected chi connectivity index (χ2v) is 5.43. The molecule has 2 N–H and O–H groups in total. The number of hydrogen-bond acceptors (Lipinski definition) is 2. The van der Waals surface area contributed by atoms with E-state index in [4.69, 9.17) is 23.8 Å². The molecule has 2 aromatic carbocycles. The molecule has 6 heteroatoms. The predicted octanol–water partition coefficient (Wildman–Crippen LogP) is 4.84. The Kier molecular flexibility index (Phi) is 4.18. The van der Waals surface area contributed by atoms with Crippen LogP contribution in [0.2, 0.25) is 5.02 Å². The first-order chi connectivity index (χ1) is 10.6. The first kappa shape index (κ1) is 14.7. The molecule has 0 bridgehead atoms. The van der Waals surface area contributed by atoms with Crippen LogP contribution in [0.1, 0.15) is 0 Å². The number of thiocarbonyl (C=S) groups is 1. The van der Waals surface area contributed by atoms with Gasteiger partial charge in [-0.25, -0.2) is 4.39 Å². The number of pyridine rings is 1. The van der Waals surface area contributed by atoms with Gasteiger partial charge in [0.2, 0.25) is 0 Å². The maximum Gasteiger partial charge on any atom is 0.175 e. The third-order valence-corrected chi connectivity index (χ3v) is 3.62. The van der Waals surface area contributed by atoms with Crippen LogP contribution in [0.4, 0.5) is 15.8 Å². The van der Waals surface area contributed by atoms with E-state index < -0.39 is 5.82 Å². The van der Waals surface area contributed by atoms with E-state index in [1.165, 1.54) is 12.1 Å². The molecule has 0 spiro atoms. The molecular weight excluding hydrogens is 321 g/mol. The molecule has 0 aliphatic rings. The quantitative estimate of drug-likeness (QED) is 0.659. The Labute approximate surface area is 137 Å². The van der Waals surface area contributed by atoms with Gasteiger partial charge in [0.1, 0.15) is 5.82 Å². The highest BCUT2D eigenvalue weighted by atomic mass is 35.5. The highest BCUT2D eigenvalue weighted by molar-refractivity contribution is 7.80. The Hall–Kier alpha value is -2.24. The van der Waals surface area contributed by atoms with Crippen molar-refractivity contribution < 1.29 is 4.39 Å². The van der Waals surface area contributed by atoms with E-state index in [0.717, 1.165) is 16.5 Å². The number of fused-ring (bicyclic) bond motifs is 1. The molecule has 22 heavy (non-hydrogen) atoms. The molecule has 0 aliphatic heterocycles. The fourth-order valence-corrected chi connectivity index (χ4v) is 2.44. The highest BCUT2D eigenvalue weighted by Gasteiger charge is 2.05. The van der Waals surface area contributed by atoms with Crippen molar-refractivity contribution >= 4 is 51.1 Å². The molecule has 0 amide bonds. The summed E-state index contributed by atoms with van der Waals surface area (Å²) in [7, 11) is 0. The Morgan fingerprint density at radius 1 is 1.14 bits per heavy atom. The van der Waals surface area contributed by atoms with Gasteiger partial charge in [-0.3, -0.25) is 4.98 Å². The van der Waals surface area contributed by atoms with Crippen LogP contribution < -0.4 is 10.6 Å². The largest absolute Gasteiger partial charge is 0.332 e. The van der Waals surface area contributed by atoms with Crippen LogP contribution in [0, 0.1) is 5.82 Å². The number of nitrogens with one attached hydrogen (secondary N) is 2. The lowest BCUT2D eigenvalue weighted by Gasteiger charge is -2.12. The van der Waals surface area contributed by atoms with E-state index in [1.54, 1.807) is 18.5 Å². The maximum atomic E-state index is 13.4. The average Bonchev–Trinajstić information content (AvgIpc) is 2.51. The van der Waals surface area contributed by atoms with Crippen LogP contribution in [-0.2, 0) is 0 Å². The molecule has 3 rings (SSSR count). The van der Waals surface area contributed by atoms with Crippen molar-refractivity contribution in [3.63, 3.8) is 0 Å². The lowest BCUT2D eigenvalue weighted by atomic mass is 10.1. The minimum atomic E-state index is -0.495. The second-order valence-electron chi connectivity index (χ2n) is 4.61. The molecule has 3 nitrogen and oxygen atoms in total. The molecule has 0 unspecified atom stereocenters. The zero-order chi connectivity index (χ0) is 15.5. The number of benzene rings is 2. The number of anilines is 2. The lowest BCUT2D eigenvalue weighted by Crippen LogP contribution is -2.19. The monoisotopic (exact) mass is 331 g/mol. The Balaban J connectivity index is 1.80. The first-order valence-electron chi connectivity index (χ1n) is 6.49. The number of nitrogens with zero attached hydrogens (tertiary/aromatic N) is 1. The van der Waals surface area contributed by atoms with Gasteiger partial charge in [-0.2, -0.15) is 0 Å². The van der Waals surface area contributed by atoms with Crippen LogP contribution in [0.3, 0.4) is 0 Å². The minimum Gasteiger partial charge on any atom is -0.332 e. The van der Waals surface area contributed by atoms with Gasteiger partial charge in [-0.1, -0.05) is 23.7 Å². The smallest absolute Gasteiger partial charge is 0.175 e. The molecule has 0 atom stereocenters. The zero-order valence-electron chi connectivity index (χ0n) is 11.3. The fraction of sp³-hybridized carbons (Fsp3) is 0. The van der Waals surface area contributed by atoms with Crippen molar-refractivity contribution in [1.82, 2.24) is 4.98 Å². The SMILES string of the molecule is Fc1cc(NC(=S)Nc2cccc3cnccc23)ccc1Cl. The zero-order valence-corrected chi connectivity index (χ0v) is 12.9. The van der Waals surface area contributed by atoms with Crippen LogP contribution >= 0.6 is 23.8 Å². The number of aromatic nitrogens is 1. The third-order valence-electron chi connectivity index (χ3n) is 3.11. The van der Waals surface area contributed by atoms with Crippen LogP contribution in [0.25, 0.3) is 10.8 Å². The van der Waals surface area contributed by atoms with Gasteiger partial charge in [0.15, 0.2) is 5.11 Å². The molecule has 0 saturated carbocycles. The van der Waals surface area contributed by atoms with Crippen LogP contribution in [0.15, 0.2) is 54.9 Å². The standard InChI is InChI=1S/C16H11ClFN3S/c17-13-5-4-11(8-14(13)18)20-16(22)21-15-3-1-2-10-9-19-7-6-12(10)15/h1-9H,(H2,20,21,22). The third kappa shape index (κ3) is 3.16. The van der Waals surface area contributed by atoms with Crippen molar-refractivity contribution in [2.45, 2.75) is 0 Å². The molecule has 0 aliphatic carbocycles. The summed E-state index contributed by atoms with van der Waals surface area (Å²) in [6, 6.07) is 12.1. The summed E-state index contributed by atoms with van der Waals surface area (Å²) in [5, 5.41) is 8.49. The van der Waals surface area contributed by atoms with Gasteiger partial charge in [-0.05, 0) is 42.5 Å². The molecule has 110 valence electrons. The van der Waals surface area contributed by atoms with Gasteiger partial charge in [0, 0.05) is 34.5 Å². The van der Waals surface area contributed by atoms with E-state index in [2.05, 4.69) is 15.6 Å². The number of halogens is 2. The number of rotatable bonds is 2. The van der Waals surface area contributed by atoms with Gasteiger partial charge >= 0.3 is 0 Å². The van der Waals surface area contributed by atoms with E-state index >= 15 is 0 Å². The van der Waals surface area contributed by atoms with Crippen molar-refractivity contribution in [2.24, 2.45) is 0 Å². The van der Waals surface area contributed by atoms with E-state index in [-0.39, 0.29) is 5.02 Å². The van der Waals surface area contributed by atoms with Gasteiger partial charge in [0.25, 0.3) is 0 Å². The molecule has 0 fully saturated rings. The van der Waals surface area contributed by atoms with Gasteiger partial charge < -0.3 is 10.6 Å². The molecule has 0 saturated heterocycles. The summed E-state index contributed by atoms with van der Waals surface area (Å²) < 4.78 is 13.4. The van der Waals surface area contributed by atoms with Gasteiger partial charge in [-0.15, -0.1) is 0 Å². The summed E-state index contributed by atoms with van der Waals surface area (Å²) >= 11 is 10.9. The van der Waals surface area contributed by atoms with Crippen molar-refractivity contribution in [3.05, 3.63) is 65.7 Å². The molecule has 0 radical (unpaired) electrons. The summed E-state index contributed by atoms with van der Waals surface area (Å²) in [4.78, 5) is 4.09. The molecule has 3 aromatic rings. The summed E-state index contributed by atoms with van der Waals surface area (Å²) in [6.07, 6.45) is 3.50. The second kappa shape index (κ2) is 6.25. The first-order valence-corrected chi connectivity index (χ1v) is 7.28. The predicted molar refractivity (Wildman–Crippen MR) is 93.0 cm³/mol. The maximum absolute atomic E-state index is 13.4. The normalized spacial score (nSPS) is 10.5. The fourth-order valence-electron chi connectivity index (χ4n) is 2.09. The van der Waals surface area contributed by atoms with Crippen LogP contribution in [-0.4, -0.2) is 10.1 Å². The highest BCUT2D eigenvalue weighted by Crippen LogP contribution is 2.23. The topological polar surface area (TPSA) is 37.0 Å². The van der Waals surface area contributed by atoms with Gasteiger partial charge in [0.05, 0.1) is 5.02 Å². The number of hydrogen-bond donors (Lipinski definition) is 2. The Morgan fingerprint density at radius 3 is 2.82 bits per heavy atom.